The second-order valence-corrected chi connectivity index (χ2v) is 6.16. The van der Waals surface area contributed by atoms with E-state index in [0.29, 0.717) is 6.10 Å². The van der Waals surface area contributed by atoms with Crippen molar-refractivity contribution in [1.82, 2.24) is 4.90 Å². The van der Waals surface area contributed by atoms with Crippen molar-refractivity contribution in [1.29, 1.82) is 0 Å². The summed E-state index contributed by atoms with van der Waals surface area (Å²) in [4.78, 5) is 16.6. The molecule has 1 aromatic rings. The molecular formula is C18H28N2O2. The van der Waals surface area contributed by atoms with Gasteiger partial charge in [0.25, 0.3) is 5.91 Å². The monoisotopic (exact) mass is 304 g/mol. The van der Waals surface area contributed by atoms with Crippen LogP contribution >= 0.6 is 0 Å². The van der Waals surface area contributed by atoms with Gasteiger partial charge in [0, 0.05) is 45.0 Å². The van der Waals surface area contributed by atoms with Crippen LogP contribution in [0.2, 0.25) is 0 Å². The minimum absolute atomic E-state index is 0.140. The van der Waals surface area contributed by atoms with E-state index >= 15 is 0 Å². The van der Waals surface area contributed by atoms with Gasteiger partial charge in [0.1, 0.15) is 0 Å². The van der Waals surface area contributed by atoms with E-state index in [-0.39, 0.29) is 5.91 Å². The molecule has 4 heteroatoms. The number of rotatable bonds is 5. The summed E-state index contributed by atoms with van der Waals surface area (Å²) in [7, 11) is 4.00. The third kappa shape index (κ3) is 4.47. The minimum atomic E-state index is 0.140. The Morgan fingerprint density at radius 3 is 2.59 bits per heavy atom. The van der Waals surface area contributed by atoms with Gasteiger partial charge in [0.15, 0.2) is 0 Å². The van der Waals surface area contributed by atoms with Gasteiger partial charge in [-0.2, -0.15) is 0 Å². The number of ether oxygens (including phenoxy) is 1. The number of benzene rings is 1. The van der Waals surface area contributed by atoms with E-state index in [2.05, 4.69) is 6.92 Å². The Morgan fingerprint density at radius 1 is 1.23 bits per heavy atom. The zero-order valence-electron chi connectivity index (χ0n) is 14.0. The Hall–Kier alpha value is -1.55. The lowest BCUT2D eigenvalue weighted by Gasteiger charge is -2.21. The van der Waals surface area contributed by atoms with E-state index in [1.165, 1.54) is 0 Å². The smallest absolute Gasteiger partial charge is 0.253 e. The summed E-state index contributed by atoms with van der Waals surface area (Å²) in [6, 6.07) is 7.84. The Morgan fingerprint density at radius 2 is 1.95 bits per heavy atom. The largest absolute Gasteiger partial charge is 0.378 e. The minimum Gasteiger partial charge on any atom is -0.378 e. The van der Waals surface area contributed by atoms with E-state index in [4.69, 9.17) is 4.74 Å². The predicted molar refractivity (Wildman–Crippen MR) is 90.6 cm³/mol. The average molecular weight is 304 g/mol. The first kappa shape index (κ1) is 16.8. The van der Waals surface area contributed by atoms with Gasteiger partial charge in [-0.25, -0.2) is 0 Å². The molecular weight excluding hydrogens is 276 g/mol. The number of carbonyl (C=O) groups excluding carboxylic acids is 1. The van der Waals surface area contributed by atoms with Gasteiger partial charge in [0.05, 0.1) is 6.10 Å². The highest BCUT2D eigenvalue weighted by atomic mass is 16.5. The molecule has 122 valence electrons. The van der Waals surface area contributed by atoms with Gasteiger partial charge in [0.2, 0.25) is 0 Å². The van der Waals surface area contributed by atoms with Crippen molar-refractivity contribution in [2.75, 3.05) is 38.7 Å². The molecule has 1 aliphatic heterocycles. The fourth-order valence-corrected chi connectivity index (χ4v) is 2.80. The second kappa shape index (κ2) is 8.18. The molecule has 1 fully saturated rings. The molecule has 1 atom stereocenters. The van der Waals surface area contributed by atoms with Crippen LogP contribution in [-0.4, -0.2) is 50.7 Å². The van der Waals surface area contributed by atoms with Crippen LogP contribution < -0.4 is 4.90 Å². The molecule has 0 aliphatic carbocycles. The number of hydrogen-bond donors (Lipinski definition) is 0. The Labute approximate surface area is 134 Å². The lowest BCUT2D eigenvalue weighted by molar-refractivity contribution is 0.0432. The van der Waals surface area contributed by atoms with Crippen LogP contribution in [0.3, 0.4) is 0 Å². The van der Waals surface area contributed by atoms with E-state index in [1.807, 2.05) is 48.2 Å². The van der Waals surface area contributed by atoms with Crippen molar-refractivity contribution in [3.63, 3.8) is 0 Å². The number of amides is 1. The lowest BCUT2D eigenvalue weighted by Crippen LogP contribution is -2.32. The molecule has 1 aliphatic rings. The third-order valence-electron chi connectivity index (χ3n) is 4.15. The molecule has 0 saturated carbocycles. The maximum Gasteiger partial charge on any atom is 0.253 e. The van der Waals surface area contributed by atoms with E-state index in [0.717, 1.165) is 56.6 Å². The van der Waals surface area contributed by atoms with Crippen LogP contribution in [0, 0.1) is 0 Å². The number of nitrogens with zero attached hydrogens (tertiary/aromatic N) is 2. The van der Waals surface area contributed by atoms with Gasteiger partial charge in [-0.15, -0.1) is 0 Å². The summed E-state index contributed by atoms with van der Waals surface area (Å²) in [5, 5.41) is 0. The predicted octanol–water partition coefficient (Wildman–Crippen LogP) is 3.17. The Kier molecular flexibility index (Phi) is 6.25. The molecule has 1 amide bonds. The Balaban J connectivity index is 1.94. The van der Waals surface area contributed by atoms with Crippen LogP contribution in [0.1, 0.15) is 43.0 Å². The molecule has 0 aromatic heterocycles. The van der Waals surface area contributed by atoms with Gasteiger partial charge < -0.3 is 14.5 Å². The van der Waals surface area contributed by atoms with Gasteiger partial charge in [-0.1, -0.05) is 6.92 Å². The summed E-state index contributed by atoms with van der Waals surface area (Å²) < 4.78 is 5.84. The normalized spacial score (nSPS) is 18.9. The summed E-state index contributed by atoms with van der Waals surface area (Å²) >= 11 is 0. The van der Waals surface area contributed by atoms with E-state index in [9.17, 15) is 4.79 Å². The first-order valence-corrected chi connectivity index (χ1v) is 8.30. The van der Waals surface area contributed by atoms with Crippen LogP contribution in [0.4, 0.5) is 5.69 Å². The highest BCUT2D eigenvalue weighted by molar-refractivity contribution is 5.94. The number of carbonyl (C=O) groups is 1. The van der Waals surface area contributed by atoms with Gasteiger partial charge in [-0.3, -0.25) is 4.79 Å². The average Bonchev–Trinajstić information content (AvgIpc) is 2.78. The number of hydrogen-bond acceptors (Lipinski definition) is 3. The Bertz CT molecular complexity index is 470. The topological polar surface area (TPSA) is 32.8 Å². The molecule has 0 bridgehead atoms. The molecule has 1 heterocycles. The molecule has 2 rings (SSSR count). The lowest BCUT2D eigenvalue weighted by atomic mass is 10.1. The number of likely N-dealkylation sites (tertiary alicyclic amines) is 1. The molecule has 0 radical (unpaired) electrons. The molecule has 1 saturated heterocycles. The zero-order chi connectivity index (χ0) is 15.9. The summed E-state index contributed by atoms with van der Waals surface area (Å²) in [5.41, 5.74) is 1.89. The van der Waals surface area contributed by atoms with Crippen molar-refractivity contribution < 1.29 is 9.53 Å². The summed E-state index contributed by atoms with van der Waals surface area (Å²) in [5.74, 6) is 0.140. The summed E-state index contributed by atoms with van der Waals surface area (Å²) in [6.45, 7) is 4.58. The van der Waals surface area contributed by atoms with Gasteiger partial charge in [-0.05, 0) is 49.9 Å². The van der Waals surface area contributed by atoms with Crippen molar-refractivity contribution in [2.45, 2.75) is 38.7 Å². The first-order chi connectivity index (χ1) is 10.6. The highest BCUT2D eigenvalue weighted by Crippen LogP contribution is 2.18. The zero-order valence-corrected chi connectivity index (χ0v) is 14.0. The maximum atomic E-state index is 12.6. The molecule has 0 N–H and O–H groups in total. The maximum absolute atomic E-state index is 12.6. The van der Waals surface area contributed by atoms with E-state index in [1.54, 1.807) is 0 Å². The molecule has 22 heavy (non-hydrogen) atoms. The van der Waals surface area contributed by atoms with Crippen molar-refractivity contribution in [2.24, 2.45) is 0 Å². The van der Waals surface area contributed by atoms with Crippen molar-refractivity contribution in [3.8, 4) is 0 Å². The highest BCUT2D eigenvalue weighted by Gasteiger charge is 2.21. The first-order valence-electron chi connectivity index (χ1n) is 8.30. The van der Waals surface area contributed by atoms with E-state index < -0.39 is 0 Å². The summed E-state index contributed by atoms with van der Waals surface area (Å²) in [6.07, 6.45) is 4.40. The van der Waals surface area contributed by atoms with Crippen LogP contribution in [0.25, 0.3) is 0 Å². The molecule has 4 nitrogen and oxygen atoms in total. The second-order valence-electron chi connectivity index (χ2n) is 6.16. The molecule has 0 spiro atoms. The quantitative estimate of drug-likeness (QED) is 0.837. The molecule has 1 aromatic carbocycles. The van der Waals surface area contributed by atoms with Gasteiger partial charge >= 0.3 is 0 Å². The third-order valence-corrected chi connectivity index (χ3v) is 4.15. The SMILES string of the molecule is CCCO[C@H]1CCCN(C(=O)c2ccc(N(C)C)cc2)CC1. The van der Waals surface area contributed by atoms with Crippen LogP contribution in [0.5, 0.6) is 0 Å². The van der Waals surface area contributed by atoms with Crippen molar-refractivity contribution >= 4 is 11.6 Å². The van der Waals surface area contributed by atoms with Crippen LogP contribution in [0.15, 0.2) is 24.3 Å². The number of anilines is 1. The molecule has 0 unspecified atom stereocenters. The fourth-order valence-electron chi connectivity index (χ4n) is 2.80. The fraction of sp³-hybridized carbons (Fsp3) is 0.611. The van der Waals surface area contributed by atoms with Crippen LogP contribution in [-0.2, 0) is 4.74 Å². The van der Waals surface area contributed by atoms with Crippen molar-refractivity contribution in [3.05, 3.63) is 29.8 Å². The standard InChI is InChI=1S/C18H28N2O2/c1-4-14-22-17-6-5-12-20(13-11-17)18(21)15-7-9-16(10-8-15)19(2)3/h7-10,17H,4-6,11-14H2,1-3H3/t17-/m0/s1.